The summed E-state index contributed by atoms with van der Waals surface area (Å²) in [7, 11) is 0. The minimum Gasteiger partial charge on any atom is -0.404 e. The lowest BCUT2D eigenvalue weighted by molar-refractivity contribution is -0.0635. The molecular weight excluding hydrogens is 488 g/mol. The molecule has 1 saturated heterocycles. The highest BCUT2D eigenvalue weighted by atomic mass is 16.5. The second-order valence-electron chi connectivity index (χ2n) is 10.9. The summed E-state index contributed by atoms with van der Waals surface area (Å²) in [5, 5.41) is 11.8. The van der Waals surface area contributed by atoms with E-state index in [1.54, 1.807) is 18.6 Å². The third kappa shape index (κ3) is 7.36. The van der Waals surface area contributed by atoms with E-state index < -0.39 is 0 Å². The third-order valence-corrected chi connectivity index (χ3v) is 7.68. The first-order valence-electron chi connectivity index (χ1n) is 14.2. The molecule has 206 valence electrons. The smallest absolute Gasteiger partial charge is 0.154 e. The Morgan fingerprint density at radius 1 is 1.13 bits per heavy atom. The highest BCUT2D eigenvalue weighted by molar-refractivity contribution is 6.10. The van der Waals surface area contributed by atoms with E-state index in [9.17, 15) is 0 Å². The monoisotopic (exact) mass is 528 g/mol. The van der Waals surface area contributed by atoms with Crippen LogP contribution in [-0.2, 0) is 11.2 Å². The number of hydrogen-bond donors (Lipinski definition) is 2. The zero-order valence-electron chi connectivity index (χ0n) is 23.1. The van der Waals surface area contributed by atoms with Crippen LogP contribution in [0.15, 0.2) is 47.9 Å². The van der Waals surface area contributed by atoms with Crippen molar-refractivity contribution in [3.63, 3.8) is 0 Å². The van der Waals surface area contributed by atoms with Crippen molar-refractivity contribution in [2.45, 2.75) is 64.5 Å². The number of nitrogens with zero attached hydrogens (tertiary/aromatic N) is 6. The van der Waals surface area contributed by atoms with E-state index in [4.69, 9.17) is 15.5 Å². The first-order valence-corrected chi connectivity index (χ1v) is 14.2. The summed E-state index contributed by atoms with van der Waals surface area (Å²) in [4.78, 5) is 16.3. The Morgan fingerprint density at radius 3 is 2.77 bits per heavy atom. The second kappa shape index (κ2) is 13.1. The van der Waals surface area contributed by atoms with E-state index in [0.717, 1.165) is 47.6 Å². The number of likely N-dealkylation sites (tertiary alicyclic amines) is 1. The van der Waals surface area contributed by atoms with Crippen molar-refractivity contribution >= 4 is 34.5 Å². The van der Waals surface area contributed by atoms with E-state index in [1.807, 2.05) is 24.4 Å². The SMILES string of the molecule is CC(C)N1CC(OCCN=CC(=CN)c2cnc3ccc(Nc4cc(CC5CCCCC5)cnn4)nc3c2)C1. The summed E-state index contributed by atoms with van der Waals surface area (Å²) in [6, 6.07) is 8.50. The van der Waals surface area contributed by atoms with Crippen molar-refractivity contribution in [3.8, 4) is 0 Å². The number of hydrogen-bond acceptors (Lipinski definition) is 9. The molecule has 1 aliphatic carbocycles. The molecule has 0 unspecified atom stereocenters. The Balaban J connectivity index is 1.18. The molecule has 0 radical (unpaired) electrons. The topological polar surface area (TPSA) is 114 Å². The number of rotatable bonds is 11. The molecule has 2 fully saturated rings. The van der Waals surface area contributed by atoms with Crippen molar-refractivity contribution in [2.24, 2.45) is 16.6 Å². The molecule has 3 aromatic rings. The average molecular weight is 529 g/mol. The fraction of sp³-hybridized carbons (Fsp3) is 0.500. The Kier molecular flexibility index (Phi) is 9.11. The van der Waals surface area contributed by atoms with Crippen LogP contribution >= 0.6 is 0 Å². The number of fused-ring (bicyclic) bond motifs is 1. The molecule has 3 aromatic heterocycles. The molecule has 3 N–H and O–H groups in total. The minimum atomic E-state index is 0.316. The van der Waals surface area contributed by atoms with Gasteiger partial charge in [-0.2, -0.15) is 5.10 Å². The van der Waals surface area contributed by atoms with E-state index in [2.05, 4.69) is 50.3 Å². The van der Waals surface area contributed by atoms with E-state index in [-0.39, 0.29) is 0 Å². The quantitative estimate of drug-likeness (QED) is 0.270. The van der Waals surface area contributed by atoms with E-state index in [1.165, 1.54) is 37.7 Å². The molecule has 0 amide bonds. The molecule has 1 saturated carbocycles. The summed E-state index contributed by atoms with van der Waals surface area (Å²) in [6.45, 7) is 7.61. The number of ether oxygens (including phenoxy) is 1. The lowest BCUT2D eigenvalue weighted by atomic mass is 9.85. The predicted molar refractivity (Wildman–Crippen MR) is 157 cm³/mol. The van der Waals surface area contributed by atoms with E-state index >= 15 is 0 Å². The molecule has 5 rings (SSSR count). The fourth-order valence-corrected chi connectivity index (χ4v) is 5.32. The molecule has 2 aliphatic rings. The van der Waals surface area contributed by atoms with Crippen molar-refractivity contribution < 1.29 is 4.74 Å². The third-order valence-electron chi connectivity index (χ3n) is 7.68. The maximum absolute atomic E-state index is 5.93. The van der Waals surface area contributed by atoms with Gasteiger partial charge in [0.05, 0.1) is 36.5 Å². The van der Waals surface area contributed by atoms with Gasteiger partial charge < -0.3 is 15.8 Å². The van der Waals surface area contributed by atoms with Gasteiger partial charge in [-0.05, 0) is 56.0 Å². The van der Waals surface area contributed by atoms with Gasteiger partial charge >= 0.3 is 0 Å². The number of aromatic nitrogens is 4. The van der Waals surface area contributed by atoms with Crippen molar-refractivity contribution in [1.82, 2.24) is 25.1 Å². The van der Waals surface area contributed by atoms with Crippen molar-refractivity contribution in [1.29, 1.82) is 0 Å². The largest absolute Gasteiger partial charge is 0.404 e. The normalized spacial score (nSPS) is 17.8. The number of allylic oxidation sites excluding steroid dienone is 1. The van der Waals surface area contributed by atoms with Gasteiger partial charge in [0.15, 0.2) is 5.82 Å². The Labute approximate surface area is 231 Å². The molecule has 9 heteroatoms. The van der Waals surface area contributed by atoms with Crippen LogP contribution in [0.25, 0.3) is 16.6 Å². The van der Waals surface area contributed by atoms with Crippen LogP contribution in [0, 0.1) is 5.92 Å². The van der Waals surface area contributed by atoms with Crippen LogP contribution in [0.4, 0.5) is 11.6 Å². The van der Waals surface area contributed by atoms with Gasteiger partial charge in [-0.15, -0.1) is 5.10 Å². The molecule has 39 heavy (non-hydrogen) atoms. The highest BCUT2D eigenvalue weighted by Gasteiger charge is 2.28. The van der Waals surface area contributed by atoms with Crippen molar-refractivity contribution in [2.75, 3.05) is 31.6 Å². The maximum Gasteiger partial charge on any atom is 0.154 e. The first-order chi connectivity index (χ1) is 19.1. The molecular formula is C30H40N8O. The van der Waals surface area contributed by atoms with Crippen LogP contribution < -0.4 is 11.1 Å². The van der Waals surface area contributed by atoms with Crippen LogP contribution in [0.3, 0.4) is 0 Å². The lowest BCUT2D eigenvalue weighted by Gasteiger charge is -2.41. The average Bonchev–Trinajstić information content (AvgIpc) is 2.92. The van der Waals surface area contributed by atoms with Gasteiger partial charge in [-0.25, -0.2) is 4.98 Å². The zero-order chi connectivity index (χ0) is 27.0. The zero-order valence-corrected chi connectivity index (χ0v) is 23.1. The van der Waals surface area contributed by atoms with Crippen LogP contribution in [0.5, 0.6) is 0 Å². The molecule has 4 heterocycles. The summed E-state index contributed by atoms with van der Waals surface area (Å²) >= 11 is 0. The highest BCUT2D eigenvalue weighted by Crippen LogP contribution is 2.27. The summed E-state index contributed by atoms with van der Waals surface area (Å²) < 4.78 is 5.90. The molecule has 0 atom stereocenters. The van der Waals surface area contributed by atoms with Gasteiger partial charge in [0.25, 0.3) is 0 Å². The Bertz CT molecular complexity index is 1300. The summed E-state index contributed by atoms with van der Waals surface area (Å²) in [6.07, 6.45) is 15.0. The van der Waals surface area contributed by atoms with Crippen LogP contribution in [0.2, 0.25) is 0 Å². The van der Waals surface area contributed by atoms with Crippen molar-refractivity contribution in [3.05, 3.63) is 54.0 Å². The summed E-state index contributed by atoms with van der Waals surface area (Å²) in [5.74, 6) is 2.15. The number of aliphatic imine (C=N–C) groups is 1. The molecule has 0 aromatic carbocycles. The number of pyridine rings is 2. The second-order valence-corrected chi connectivity index (χ2v) is 10.9. The molecule has 1 aliphatic heterocycles. The van der Waals surface area contributed by atoms with Crippen LogP contribution in [-0.4, -0.2) is 69.7 Å². The minimum absolute atomic E-state index is 0.316. The lowest BCUT2D eigenvalue weighted by Crippen LogP contribution is -2.55. The molecule has 0 spiro atoms. The maximum atomic E-state index is 5.93. The Morgan fingerprint density at radius 2 is 1.97 bits per heavy atom. The molecule has 0 bridgehead atoms. The van der Waals surface area contributed by atoms with Gasteiger partial charge in [-0.3, -0.25) is 14.9 Å². The first kappa shape index (κ1) is 27.1. The summed E-state index contributed by atoms with van der Waals surface area (Å²) in [5.41, 5.74) is 10.4. The van der Waals surface area contributed by atoms with Gasteiger partial charge in [0, 0.05) is 48.9 Å². The van der Waals surface area contributed by atoms with Crippen LogP contribution in [0.1, 0.15) is 57.1 Å². The predicted octanol–water partition coefficient (Wildman–Crippen LogP) is 4.77. The van der Waals surface area contributed by atoms with E-state index in [0.29, 0.717) is 36.9 Å². The number of nitrogens with two attached hydrogens (primary N) is 1. The number of nitrogens with one attached hydrogen (secondary N) is 1. The fourth-order valence-electron chi connectivity index (χ4n) is 5.32. The van der Waals surface area contributed by atoms with Gasteiger partial charge in [0.2, 0.25) is 0 Å². The van der Waals surface area contributed by atoms with Gasteiger partial charge in [0.1, 0.15) is 5.82 Å². The molecule has 9 nitrogen and oxygen atoms in total. The number of anilines is 2. The van der Waals surface area contributed by atoms with Gasteiger partial charge in [-0.1, -0.05) is 32.1 Å². The Hall–Kier alpha value is -3.43. The standard InChI is InChI=1S/C30H40N8O/c1-21(2)38-19-26(20-38)39-11-10-32-17-25(15-31)24-14-28-27(33-18-24)8-9-29(35-28)36-30-13-23(16-34-37-30)12-22-6-4-3-5-7-22/h8-9,13-18,21-22,26H,3-7,10-12,19-20,31H2,1-2H3,(H,35,36,37).